The van der Waals surface area contributed by atoms with E-state index in [1.165, 1.54) is 7.11 Å². The van der Waals surface area contributed by atoms with Gasteiger partial charge in [-0.2, -0.15) is 0 Å². The van der Waals surface area contributed by atoms with E-state index in [-0.39, 0.29) is 5.71 Å². The van der Waals surface area contributed by atoms with Gasteiger partial charge in [-0.25, -0.2) is 4.79 Å². The van der Waals surface area contributed by atoms with Crippen LogP contribution >= 0.6 is 0 Å². The Hall–Kier alpha value is -1.58. The molecule has 0 heterocycles. The molecule has 0 saturated heterocycles. The molecule has 4 nitrogen and oxygen atoms in total. The molecule has 0 aliphatic rings. The minimum absolute atomic E-state index is 0.161. The lowest BCUT2D eigenvalue weighted by Crippen LogP contribution is -2.19. The summed E-state index contributed by atoms with van der Waals surface area (Å²) in [6, 6.07) is 0. The Balaban J connectivity index is 4.77. The number of oxime groups is 1. The molecule has 0 aromatic carbocycles. The lowest BCUT2D eigenvalue weighted by molar-refractivity contribution is -0.135. The van der Waals surface area contributed by atoms with Crippen LogP contribution < -0.4 is 0 Å². The van der Waals surface area contributed by atoms with Gasteiger partial charge in [0.15, 0.2) is 5.71 Å². The van der Waals surface area contributed by atoms with Gasteiger partial charge in [0.05, 0.1) is 6.61 Å². The molecule has 0 unspecified atom stereocenters. The summed E-state index contributed by atoms with van der Waals surface area (Å²) >= 11 is 0. The van der Waals surface area contributed by atoms with Gasteiger partial charge >= 0.3 is 5.97 Å². The van der Waals surface area contributed by atoms with Crippen LogP contribution in [-0.2, 0) is 14.4 Å². The highest BCUT2D eigenvalue weighted by molar-refractivity contribution is 6.42. The number of hydrogen-bond donors (Lipinski definition) is 0. The highest BCUT2D eigenvalue weighted by Gasteiger charge is 2.14. The van der Waals surface area contributed by atoms with E-state index in [2.05, 4.69) is 16.6 Å². The van der Waals surface area contributed by atoms with Crippen LogP contribution in [0.2, 0.25) is 0 Å². The van der Waals surface area contributed by atoms with Gasteiger partial charge in [0.2, 0.25) is 0 Å². The summed E-state index contributed by atoms with van der Waals surface area (Å²) < 4.78 is 4.80. The molecule has 4 heteroatoms. The zero-order valence-electron chi connectivity index (χ0n) is 8.74. The molecule has 0 atom stereocenters. The standard InChI is InChI=1S/C10H15NO3/c1-5-7-8(3)9(11-13-4)10(12)14-6-2/h5,7H,1,6H2,2-4H3/b8-7+,11-9?. The zero-order valence-corrected chi connectivity index (χ0v) is 8.74. The minimum atomic E-state index is -0.495. The topological polar surface area (TPSA) is 47.9 Å². The summed E-state index contributed by atoms with van der Waals surface area (Å²) in [5.74, 6) is -0.495. The van der Waals surface area contributed by atoms with Crippen molar-refractivity contribution in [1.29, 1.82) is 0 Å². The molecule has 0 N–H and O–H groups in total. The summed E-state index contributed by atoms with van der Waals surface area (Å²) in [7, 11) is 1.38. The molecular weight excluding hydrogens is 182 g/mol. The third kappa shape index (κ3) is 3.89. The highest BCUT2D eigenvalue weighted by Crippen LogP contribution is 2.01. The van der Waals surface area contributed by atoms with Gasteiger partial charge in [0.25, 0.3) is 0 Å². The molecule has 0 aromatic heterocycles. The number of hydrogen-bond acceptors (Lipinski definition) is 4. The van der Waals surface area contributed by atoms with Crippen LogP contribution in [0.15, 0.2) is 29.5 Å². The first-order valence-corrected chi connectivity index (χ1v) is 4.25. The summed E-state index contributed by atoms with van der Waals surface area (Å²) in [4.78, 5) is 15.9. The lowest BCUT2D eigenvalue weighted by atomic mass is 10.2. The first kappa shape index (κ1) is 12.4. The molecule has 0 bridgehead atoms. The Morgan fingerprint density at radius 2 is 2.21 bits per heavy atom. The molecule has 0 saturated carbocycles. The Labute approximate surface area is 83.9 Å². The molecule has 14 heavy (non-hydrogen) atoms. The van der Waals surface area contributed by atoms with Crippen LogP contribution in [0, 0.1) is 0 Å². The quantitative estimate of drug-likeness (QED) is 0.291. The molecule has 0 aliphatic heterocycles. The highest BCUT2D eigenvalue weighted by atomic mass is 16.6. The van der Waals surface area contributed by atoms with Crippen molar-refractivity contribution in [3.05, 3.63) is 24.3 Å². The number of allylic oxidation sites excluding steroid dienone is 2. The van der Waals surface area contributed by atoms with Gasteiger partial charge in [-0.1, -0.05) is 23.9 Å². The van der Waals surface area contributed by atoms with Crippen molar-refractivity contribution >= 4 is 11.7 Å². The Morgan fingerprint density at radius 1 is 1.57 bits per heavy atom. The average Bonchev–Trinajstić information content (AvgIpc) is 2.14. The van der Waals surface area contributed by atoms with Gasteiger partial charge in [-0.05, 0) is 19.4 Å². The van der Waals surface area contributed by atoms with Gasteiger partial charge in [0, 0.05) is 0 Å². The molecule has 0 fully saturated rings. The smallest absolute Gasteiger partial charge is 0.360 e. The van der Waals surface area contributed by atoms with Crippen molar-refractivity contribution in [2.24, 2.45) is 5.16 Å². The fraction of sp³-hybridized carbons (Fsp3) is 0.400. The Kier molecular flexibility index (Phi) is 6.11. The maximum absolute atomic E-state index is 11.3. The van der Waals surface area contributed by atoms with Gasteiger partial charge < -0.3 is 9.57 Å². The molecule has 0 amide bonds. The van der Waals surface area contributed by atoms with Crippen LogP contribution in [0.25, 0.3) is 0 Å². The molecule has 78 valence electrons. The SMILES string of the molecule is C=C/C=C(\C)C(=NOC)C(=O)OCC. The third-order valence-corrected chi connectivity index (χ3v) is 1.39. The zero-order chi connectivity index (χ0) is 11.0. The predicted octanol–water partition coefficient (Wildman–Crippen LogP) is 1.68. The number of rotatable bonds is 5. The van der Waals surface area contributed by atoms with Crippen LogP contribution in [0.4, 0.5) is 0 Å². The summed E-state index contributed by atoms with van der Waals surface area (Å²) in [5.41, 5.74) is 0.814. The van der Waals surface area contributed by atoms with Crippen LogP contribution in [0.1, 0.15) is 13.8 Å². The van der Waals surface area contributed by atoms with E-state index in [0.29, 0.717) is 12.2 Å². The van der Waals surface area contributed by atoms with Crippen molar-refractivity contribution in [1.82, 2.24) is 0 Å². The maximum Gasteiger partial charge on any atom is 0.360 e. The van der Waals surface area contributed by atoms with Crippen molar-refractivity contribution in [3.8, 4) is 0 Å². The van der Waals surface area contributed by atoms with Gasteiger partial charge in [0.1, 0.15) is 7.11 Å². The molecule has 0 aromatic rings. The second-order valence-electron chi connectivity index (χ2n) is 2.43. The molecule has 0 radical (unpaired) electrons. The Morgan fingerprint density at radius 3 is 2.64 bits per heavy atom. The summed E-state index contributed by atoms with van der Waals surface area (Å²) in [6.07, 6.45) is 3.23. The van der Waals surface area contributed by atoms with E-state index in [4.69, 9.17) is 4.74 Å². The van der Waals surface area contributed by atoms with E-state index in [9.17, 15) is 4.79 Å². The normalized spacial score (nSPS) is 12.2. The number of esters is 1. The van der Waals surface area contributed by atoms with Gasteiger partial charge in [-0.15, -0.1) is 0 Å². The monoisotopic (exact) mass is 197 g/mol. The van der Waals surface area contributed by atoms with Gasteiger partial charge in [-0.3, -0.25) is 0 Å². The fourth-order valence-corrected chi connectivity index (χ4v) is 0.817. The average molecular weight is 197 g/mol. The minimum Gasteiger partial charge on any atom is -0.461 e. The molecular formula is C10H15NO3. The number of carbonyl (C=O) groups excluding carboxylic acids is 1. The third-order valence-electron chi connectivity index (χ3n) is 1.39. The van der Waals surface area contributed by atoms with E-state index < -0.39 is 5.97 Å². The fourth-order valence-electron chi connectivity index (χ4n) is 0.817. The Bertz CT molecular complexity index is 267. The lowest BCUT2D eigenvalue weighted by Gasteiger charge is -2.04. The van der Waals surface area contributed by atoms with E-state index >= 15 is 0 Å². The van der Waals surface area contributed by atoms with Crippen molar-refractivity contribution in [2.45, 2.75) is 13.8 Å². The van der Waals surface area contributed by atoms with E-state index in [1.807, 2.05) is 0 Å². The summed E-state index contributed by atoms with van der Waals surface area (Å²) in [6.45, 7) is 7.30. The van der Waals surface area contributed by atoms with E-state index in [0.717, 1.165) is 0 Å². The first-order valence-electron chi connectivity index (χ1n) is 4.25. The van der Waals surface area contributed by atoms with E-state index in [1.54, 1.807) is 26.0 Å². The second kappa shape index (κ2) is 6.88. The number of nitrogens with zero attached hydrogens (tertiary/aromatic N) is 1. The summed E-state index contributed by atoms with van der Waals surface area (Å²) in [5, 5.41) is 3.59. The first-order chi connectivity index (χ1) is 6.67. The number of carbonyl (C=O) groups is 1. The predicted molar refractivity (Wildman–Crippen MR) is 55.0 cm³/mol. The molecule has 0 spiro atoms. The maximum atomic E-state index is 11.3. The van der Waals surface area contributed by atoms with Crippen molar-refractivity contribution in [3.63, 3.8) is 0 Å². The number of ether oxygens (including phenoxy) is 1. The van der Waals surface area contributed by atoms with Crippen molar-refractivity contribution in [2.75, 3.05) is 13.7 Å². The van der Waals surface area contributed by atoms with Crippen LogP contribution in [0.5, 0.6) is 0 Å². The largest absolute Gasteiger partial charge is 0.461 e. The van der Waals surface area contributed by atoms with Crippen molar-refractivity contribution < 1.29 is 14.4 Å². The van der Waals surface area contributed by atoms with Crippen LogP contribution in [-0.4, -0.2) is 25.4 Å². The second-order valence-corrected chi connectivity index (χ2v) is 2.43. The molecule has 0 aliphatic carbocycles. The van der Waals surface area contributed by atoms with Crippen LogP contribution in [0.3, 0.4) is 0 Å². The molecule has 0 rings (SSSR count).